The van der Waals surface area contributed by atoms with Crippen LogP contribution in [0.25, 0.3) is 0 Å². The molecule has 0 aliphatic carbocycles. The highest BCUT2D eigenvalue weighted by Gasteiger charge is 2.35. The number of carbonyl (C=O) groups excluding carboxylic acids is 1. The van der Waals surface area contributed by atoms with Gasteiger partial charge in [-0.2, -0.15) is 0 Å². The van der Waals surface area contributed by atoms with Gasteiger partial charge in [-0.25, -0.2) is 0 Å². The number of nitrogens with one attached hydrogen (secondary N) is 1. The van der Waals surface area contributed by atoms with Gasteiger partial charge in [0.15, 0.2) is 0 Å². The van der Waals surface area contributed by atoms with Crippen LogP contribution < -0.4 is 11.1 Å². The predicted octanol–water partition coefficient (Wildman–Crippen LogP) is 3.20. The number of ether oxygens (including phenoxy) is 1. The Balaban J connectivity index is 1.74. The first kappa shape index (κ1) is 17.9. The Kier molecular flexibility index (Phi) is 5.74. The van der Waals surface area contributed by atoms with Crippen LogP contribution in [0, 0.1) is 0 Å². The maximum absolute atomic E-state index is 12.5. The Bertz CT molecular complexity index is 715. The maximum atomic E-state index is 12.5. The molecule has 1 aliphatic rings. The van der Waals surface area contributed by atoms with Crippen LogP contribution in [-0.4, -0.2) is 25.7 Å². The number of benzene rings is 2. The quantitative estimate of drug-likeness (QED) is 0.862. The minimum atomic E-state index is -0.669. The summed E-state index contributed by atoms with van der Waals surface area (Å²) in [7, 11) is 0. The Morgan fingerprint density at radius 2 is 1.88 bits per heavy atom. The third kappa shape index (κ3) is 4.21. The summed E-state index contributed by atoms with van der Waals surface area (Å²) >= 11 is 6.18. The van der Waals surface area contributed by atoms with Gasteiger partial charge in [-0.1, -0.05) is 54.1 Å². The average Bonchev–Trinajstić information content (AvgIpc) is 2.67. The summed E-state index contributed by atoms with van der Waals surface area (Å²) < 4.78 is 5.53. The van der Waals surface area contributed by atoms with E-state index >= 15 is 0 Å². The summed E-state index contributed by atoms with van der Waals surface area (Å²) in [4.78, 5) is 12.5. The van der Waals surface area contributed by atoms with Crippen molar-refractivity contribution in [3.8, 4) is 0 Å². The fourth-order valence-electron chi connectivity index (χ4n) is 3.33. The smallest absolute Gasteiger partial charge is 0.241 e. The molecule has 4 nitrogen and oxygen atoms in total. The van der Waals surface area contributed by atoms with Crippen molar-refractivity contribution in [3.63, 3.8) is 0 Å². The van der Waals surface area contributed by atoms with Gasteiger partial charge in [0.05, 0.1) is 0 Å². The average molecular weight is 359 g/mol. The number of halogens is 1. The highest BCUT2D eigenvalue weighted by Crippen LogP contribution is 2.35. The monoisotopic (exact) mass is 358 g/mol. The Morgan fingerprint density at radius 3 is 2.56 bits per heavy atom. The van der Waals surface area contributed by atoms with Gasteiger partial charge in [-0.3, -0.25) is 4.79 Å². The molecule has 1 aliphatic heterocycles. The van der Waals surface area contributed by atoms with E-state index in [1.807, 2.05) is 48.5 Å². The Labute approximate surface area is 153 Å². The number of hydrogen-bond donors (Lipinski definition) is 2. The van der Waals surface area contributed by atoms with E-state index in [1.165, 1.54) is 0 Å². The number of carbonyl (C=O) groups is 1. The van der Waals surface area contributed by atoms with E-state index in [2.05, 4.69) is 11.4 Å². The van der Waals surface area contributed by atoms with Crippen molar-refractivity contribution >= 4 is 17.5 Å². The normalized spacial score (nSPS) is 17.7. The Hall–Kier alpha value is -1.88. The van der Waals surface area contributed by atoms with Gasteiger partial charge in [-0.05, 0) is 36.1 Å². The molecule has 0 saturated carbocycles. The van der Waals surface area contributed by atoms with Crippen molar-refractivity contribution in [3.05, 3.63) is 70.7 Å². The van der Waals surface area contributed by atoms with Gasteiger partial charge in [0.25, 0.3) is 0 Å². The highest BCUT2D eigenvalue weighted by molar-refractivity contribution is 6.30. The summed E-state index contributed by atoms with van der Waals surface area (Å²) in [6, 6.07) is 16.6. The van der Waals surface area contributed by atoms with Crippen molar-refractivity contribution in [2.75, 3.05) is 19.8 Å². The van der Waals surface area contributed by atoms with Gasteiger partial charge in [0, 0.05) is 30.2 Å². The molecule has 3 rings (SSSR count). The van der Waals surface area contributed by atoms with Gasteiger partial charge < -0.3 is 15.8 Å². The van der Waals surface area contributed by atoms with Crippen molar-refractivity contribution in [2.45, 2.75) is 24.3 Å². The molecule has 25 heavy (non-hydrogen) atoms. The molecule has 0 radical (unpaired) electrons. The van der Waals surface area contributed by atoms with Gasteiger partial charge in [0.2, 0.25) is 5.91 Å². The van der Waals surface area contributed by atoms with Crippen LogP contribution in [0.3, 0.4) is 0 Å². The molecule has 0 aromatic heterocycles. The van der Waals surface area contributed by atoms with Gasteiger partial charge >= 0.3 is 0 Å². The summed E-state index contributed by atoms with van der Waals surface area (Å²) in [6.45, 7) is 1.87. The minimum absolute atomic E-state index is 0.168. The van der Waals surface area contributed by atoms with Crippen LogP contribution in [0.15, 0.2) is 54.6 Å². The van der Waals surface area contributed by atoms with Crippen LogP contribution in [0.2, 0.25) is 5.02 Å². The molecule has 0 spiro atoms. The highest BCUT2D eigenvalue weighted by atomic mass is 35.5. The van der Waals surface area contributed by atoms with Crippen molar-refractivity contribution in [2.24, 2.45) is 5.73 Å². The van der Waals surface area contributed by atoms with E-state index in [1.54, 1.807) is 0 Å². The van der Waals surface area contributed by atoms with Crippen molar-refractivity contribution in [1.29, 1.82) is 0 Å². The first-order chi connectivity index (χ1) is 12.1. The third-order valence-corrected chi connectivity index (χ3v) is 5.16. The fraction of sp³-hybridized carbons (Fsp3) is 0.350. The number of rotatable bonds is 5. The second-order valence-corrected chi connectivity index (χ2v) is 6.95. The van der Waals surface area contributed by atoms with Crippen LogP contribution in [0.4, 0.5) is 0 Å². The third-order valence-electron chi connectivity index (χ3n) is 4.93. The molecular weight excluding hydrogens is 336 g/mol. The van der Waals surface area contributed by atoms with E-state index in [4.69, 9.17) is 22.1 Å². The van der Waals surface area contributed by atoms with Gasteiger partial charge in [-0.15, -0.1) is 0 Å². The lowest BCUT2D eigenvalue weighted by Crippen LogP contribution is -2.46. The fourth-order valence-corrected chi connectivity index (χ4v) is 3.52. The molecule has 3 N–H and O–H groups in total. The lowest BCUT2D eigenvalue weighted by molar-refractivity contribution is -0.123. The lowest BCUT2D eigenvalue weighted by Gasteiger charge is -2.38. The maximum Gasteiger partial charge on any atom is 0.241 e. The van der Waals surface area contributed by atoms with Gasteiger partial charge in [0.1, 0.15) is 6.04 Å². The van der Waals surface area contributed by atoms with Crippen LogP contribution >= 0.6 is 11.6 Å². The molecule has 1 heterocycles. The SMILES string of the molecule is NC(C(=O)NCC1(c2cccc(Cl)c2)CCOCC1)c1ccccc1. The minimum Gasteiger partial charge on any atom is -0.381 e. The second-order valence-electron chi connectivity index (χ2n) is 6.51. The first-order valence-electron chi connectivity index (χ1n) is 8.53. The van der Waals surface area contributed by atoms with Crippen LogP contribution in [0.5, 0.6) is 0 Å². The molecule has 1 atom stereocenters. The summed E-state index contributed by atoms with van der Waals surface area (Å²) in [5.74, 6) is -0.168. The standard InChI is InChI=1S/C20H23ClN2O2/c21-17-8-4-7-16(13-17)20(9-11-25-12-10-20)14-23-19(24)18(22)15-5-2-1-3-6-15/h1-8,13,18H,9-12,14,22H2,(H,23,24). The van der Waals surface area contributed by atoms with E-state index < -0.39 is 6.04 Å². The molecule has 1 fully saturated rings. The molecule has 2 aromatic rings. The van der Waals surface area contributed by atoms with E-state index in [9.17, 15) is 4.79 Å². The molecule has 1 saturated heterocycles. The van der Waals surface area contributed by atoms with Crippen LogP contribution in [0.1, 0.15) is 30.0 Å². The molecule has 0 bridgehead atoms. The molecule has 132 valence electrons. The van der Waals surface area contributed by atoms with Crippen LogP contribution in [-0.2, 0) is 14.9 Å². The number of nitrogens with two attached hydrogens (primary N) is 1. The first-order valence-corrected chi connectivity index (χ1v) is 8.91. The Morgan fingerprint density at radius 1 is 1.16 bits per heavy atom. The summed E-state index contributed by atoms with van der Waals surface area (Å²) in [6.07, 6.45) is 1.68. The predicted molar refractivity (Wildman–Crippen MR) is 99.6 cm³/mol. The number of hydrogen-bond acceptors (Lipinski definition) is 3. The summed E-state index contributed by atoms with van der Waals surface area (Å²) in [5, 5.41) is 3.75. The van der Waals surface area contributed by atoms with Crippen molar-refractivity contribution in [1.82, 2.24) is 5.32 Å². The molecule has 5 heteroatoms. The lowest BCUT2D eigenvalue weighted by atomic mass is 9.74. The molecule has 1 amide bonds. The largest absolute Gasteiger partial charge is 0.381 e. The second kappa shape index (κ2) is 8.00. The zero-order chi connectivity index (χ0) is 17.7. The molecule has 1 unspecified atom stereocenters. The summed E-state index contributed by atoms with van der Waals surface area (Å²) in [5.41, 5.74) is 7.88. The van der Waals surface area contributed by atoms with E-state index in [-0.39, 0.29) is 11.3 Å². The zero-order valence-corrected chi connectivity index (χ0v) is 14.8. The molecule has 2 aromatic carbocycles. The number of amides is 1. The topological polar surface area (TPSA) is 64.4 Å². The zero-order valence-electron chi connectivity index (χ0n) is 14.1. The molecular formula is C20H23ClN2O2. The van der Waals surface area contributed by atoms with Crippen molar-refractivity contribution < 1.29 is 9.53 Å². The van der Waals surface area contributed by atoms with E-state index in [0.29, 0.717) is 24.8 Å². The van der Waals surface area contributed by atoms with E-state index in [0.717, 1.165) is 24.0 Å².